The molecule has 0 radical (unpaired) electrons. The van der Waals surface area contributed by atoms with Crippen molar-refractivity contribution < 1.29 is 9.26 Å². The molecule has 2 N–H and O–H groups in total. The van der Waals surface area contributed by atoms with Gasteiger partial charge >= 0.3 is 0 Å². The maximum absolute atomic E-state index is 5.50. The van der Waals surface area contributed by atoms with Crippen LogP contribution in [0.25, 0.3) is 0 Å². The molecule has 0 fully saturated rings. The van der Waals surface area contributed by atoms with Crippen LogP contribution in [0.3, 0.4) is 0 Å². The van der Waals surface area contributed by atoms with Crippen LogP contribution in [0.15, 0.2) is 39.8 Å². The SMILES string of the molecule is CCNC(=NCc1cc(C(CC)CC)no1)NCC(c1cccc(OC)c1)N(C)C.I. The van der Waals surface area contributed by atoms with Crippen LogP contribution in [0.1, 0.15) is 62.6 Å². The van der Waals surface area contributed by atoms with Gasteiger partial charge in [0.05, 0.1) is 18.8 Å². The summed E-state index contributed by atoms with van der Waals surface area (Å²) in [5.74, 6) is 2.85. The van der Waals surface area contributed by atoms with E-state index in [2.05, 4.69) is 72.7 Å². The smallest absolute Gasteiger partial charge is 0.191 e. The predicted molar refractivity (Wildman–Crippen MR) is 137 cm³/mol. The molecule has 1 heterocycles. The van der Waals surface area contributed by atoms with E-state index in [4.69, 9.17) is 9.26 Å². The molecule has 0 aliphatic carbocycles. The van der Waals surface area contributed by atoms with E-state index in [9.17, 15) is 0 Å². The van der Waals surface area contributed by atoms with E-state index >= 15 is 0 Å². The molecule has 1 unspecified atom stereocenters. The number of aromatic nitrogens is 1. The van der Waals surface area contributed by atoms with Gasteiger partial charge in [-0.1, -0.05) is 31.1 Å². The number of methoxy groups -OCH3 is 1. The normalized spacial score (nSPS) is 12.6. The Balaban J connectivity index is 0.00000480. The molecule has 2 aromatic rings. The van der Waals surface area contributed by atoms with Gasteiger partial charge in [0.25, 0.3) is 0 Å². The molecule has 31 heavy (non-hydrogen) atoms. The summed E-state index contributed by atoms with van der Waals surface area (Å²) in [4.78, 5) is 6.87. The molecule has 1 aromatic carbocycles. The highest BCUT2D eigenvalue weighted by Crippen LogP contribution is 2.23. The number of hydrogen-bond acceptors (Lipinski definition) is 5. The molecule has 0 saturated carbocycles. The first kappa shape index (κ1) is 27.2. The largest absolute Gasteiger partial charge is 0.497 e. The van der Waals surface area contributed by atoms with Crippen molar-refractivity contribution in [3.05, 3.63) is 47.3 Å². The molecule has 0 bridgehead atoms. The molecule has 0 aliphatic heterocycles. The van der Waals surface area contributed by atoms with Gasteiger partial charge in [-0.3, -0.25) is 0 Å². The molecule has 174 valence electrons. The average molecular weight is 543 g/mol. The molecule has 2 rings (SSSR count). The van der Waals surface area contributed by atoms with Gasteiger partial charge in [0.2, 0.25) is 0 Å². The fourth-order valence-electron chi connectivity index (χ4n) is 3.44. The number of benzene rings is 1. The number of hydrogen-bond donors (Lipinski definition) is 2. The number of nitrogens with one attached hydrogen (secondary N) is 2. The van der Waals surface area contributed by atoms with Crippen molar-refractivity contribution in [2.45, 2.75) is 52.1 Å². The summed E-state index contributed by atoms with van der Waals surface area (Å²) >= 11 is 0. The highest BCUT2D eigenvalue weighted by atomic mass is 127. The van der Waals surface area contributed by atoms with Gasteiger partial charge in [0.15, 0.2) is 11.7 Å². The van der Waals surface area contributed by atoms with E-state index in [1.165, 1.54) is 5.56 Å². The summed E-state index contributed by atoms with van der Waals surface area (Å²) in [5.41, 5.74) is 2.21. The van der Waals surface area contributed by atoms with E-state index in [0.29, 0.717) is 19.0 Å². The first-order valence-corrected chi connectivity index (χ1v) is 10.8. The summed E-state index contributed by atoms with van der Waals surface area (Å²) < 4.78 is 10.9. The van der Waals surface area contributed by atoms with Crippen LogP contribution in [0, 0.1) is 0 Å². The van der Waals surface area contributed by atoms with Crippen molar-refractivity contribution in [3.63, 3.8) is 0 Å². The highest BCUT2D eigenvalue weighted by Gasteiger charge is 2.16. The summed E-state index contributed by atoms with van der Waals surface area (Å²) in [6, 6.07) is 10.4. The lowest BCUT2D eigenvalue weighted by Crippen LogP contribution is -2.41. The number of likely N-dealkylation sites (N-methyl/N-ethyl adjacent to an activating group) is 1. The predicted octanol–water partition coefficient (Wildman–Crippen LogP) is 4.56. The van der Waals surface area contributed by atoms with Gasteiger partial charge in [-0.2, -0.15) is 0 Å². The number of rotatable bonds is 11. The fraction of sp³-hybridized carbons (Fsp3) is 0.565. The summed E-state index contributed by atoms with van der Waals surface area (Å²) in [6.07, 6.45) is 2.12. The van der Waals surface area contributed by atoms with Crippen molar-refractivity contribution in [2.75, 3.05) is 34.3 Å². The van der Waals surface area contributed by atoms with Crippen molar-refractivity contribution in [1.29, 1.82) is 0 Å². The molecule has 0 spiro atoms. The second-order valence-electron chi connectivity index (χ2n) is 7.56. The van der Waals surface area contributed by atoms with Crippen LogP contribution in [-0.2, 0) is 6.54 Å². The Bertz CT molecular complexity index is 790. The summed E-state index contributed by atoms with van der Waals surface area (Å²) in [6.45, 7) is 8.36. The lowest BCUT2D eigenvalue weighted by molar-refractivity contribution is 0.297. The Hall–Kier alpha value is -1.81. The minimum atomic E-state index is 0. The van der Waals surface area contributed by atoms with Gasteiger partial charge in [0.1, 0.15) is 12.3 Å². The zero-order valence-corrected chi connectivity index (χ0v) is 22.0. The zero-order valence-electron chi connectivity index (χ0n) is 19.6. The Morgan fingerprint density at radius 2 is 1.90 bits per heavy atom. The number of guanidine groups is 1. The molecule has 1 atom stereocenters. The highest BCUT2D eigenvalue weighted by molar-refractivity contribution is 14.0. The summed E-state index contributed by atoms with van der Waals surface area (Å²) in [7, 11) is 5.84. The van der Waals surface area contributed by atoms with E-state index in [0.717, 1.165) is 42.5 Å². The molecule has 0 saturated heterocycles. The molecule has 0 aliphatic rings. The van der Waals surface area contributed by atoms with Crippen LogP contribution in [0.4, 0.5) is 0 Å². The van der Waals surface area contributed by atoms with Crippen LogP contribution >= 0.6 is 24.0 Å². The number of halogens is 1. The maximum Gasteiger partial charge on any atom is 0.191 e. The van der Waals surface area contributed by atoms with Crippen molar-refractivity contribution in [2.24, 2.45) is 4.99 Å². The second-order valence-corrected chi connectivity index (χ2v) is 7.56. The maximum atomic E-state index is 5.50. The topological polar surface area (TPSA) is 74.9 Å². The lowest BCUT2D eigenvalue weighted by atomic mass is 9.99. The van der Waals surface area contributed by atoms with Crippen LogP contribution in [-0.4, -0.2) is 50.3 Å². The molecule has 8 heteroatoms. The van der Waals surface area contributed by atoms with Gasteiger partial charge in [0, 0.05) is 25.1 Å². The first-order chi connectivity index (χ1) is 14.5. The Labute approximate surface area is 204 Å². The van der Waals surface area contributed by atoms with Crippen LogP contribution < -0.4 is 15.4 Å². The van der Waals surface area contributed by atoms with Crippen molar-refractivity contribution >= 4 is 29.9 Å². The van der Waals surface area contributed by atoms with E-state index in [-0.39, 0.29) is 30.0 Å². The third-order valence-corrected chi connectivity index (χ3v) is 5.28. The quantitative estimate of drug-likeness (QED) is 0.246. The average Bonchev–Trinajstić information content (AvgIpc) is 3.21. The fourth-order valence-corrected chi connectivity index (χ4v) is 3.44. The van der Waals surface area contributed by atoms with Gasteiger partial charge in [-0.25, -0.2) is 4.99 Å². The monoisotopic (exact) mass is 543 g/mol. The minimum absolute atomic E-state index is 0. The van der Waals surface area contributed by atoms with Crippen LogP contribution in [0.2, 0.25) is 0 Å². The van der Waals surface area contributed by atoms with Gasteiger partial charge in [-0.15, -0.1) is 24.0 Å². The molecule has 7 nitrogen and oxygen atoms in total. The Morgan fingerprint density at radius 3 is 2.52 bits per heavy atom. The lowest BCUT2D eigenvalue weighted by Gasteiger charge is -2.26. The molecule has 0 amide bonds. The first-order valence-electron chi connectivity index (χ1n) is 10.8. The second kappa shape index (κ2) is 14.3. The standard InChI is InChI=1S/C23H37N5O2.HI/c1-7-17(8-2)21-14-20(30-27-21)15-25-23(24-9-3)26-16-22(28(4)5)18-11-10-12-19(13-18)29-6;/h10-14,17,22H,7-9,15-16H2,1-6H3,(H2,24,25,26);1H. The molecular formula is C23H38IN5O2. The van der Waals surface area contributed by atoms with E-state index in [1.807, 2.05) is 18.2 Å². The summed E-state index contributed by atoms with van der Waals surface area (Å²) in [5, 5.41) is 11.0. The number of ether oxygens (including phenoxy) is 1. The van der Waals surface area contributed by atoms with Crippen molar-refractivity contribution in [1.82, 2.24) is 20.7 Å². The van der Waals surface area contributed by atoms with Gasteiger partial charge < -0.3 is 24.8 Å². The van der Waals surface area contributed by atoms with Gasteiger partial charge in [-0.05, 0) is 51.6 Å². The zero-order chi connectivity index (χ0) is 21.9. The van der Waals surface area contributed by atoms with Crippen molar-refractivity contribution in [3.8, 4) is 5.75 Å². The van der Waals surface area contributed by atoms with Crippen LogP contribution in [0.5, 0.6) is 5.75 Å². The third kappa shape index (κ3) is 8.33. The number of nitrogens with zero attached hydrogens (tertiary/aromatic N) is 3. The molecule has 1 aromatic heterocycles. The minimum Gasteiger partial charge on any atom is -0.497 e. The van der Waals surface area contributed by atoms with E-state index < -0.39 is 0 Å². The van der Waals surface area contributed by atoms with E-state index in [1.54, 1.807) is 7.11 Å². The number of aliphatic imine (C=N–C) groups is 1. The third-order valence-electron chi connectivity index (χ3n) is 5.28. The Kier molecular flexibility index (Phi) is 12.5. The Morgan fingerprint density at radius 1 is 1.16 bits per heavy atom. The molecular weight excluding hydrogens is 505 g/mol.